The van der Waals surface area contributed by atoms with Gasteiger partial charge in [-0.15, -0.1) is 21.5 Å². The normalized spacial score (nSPS) is 13.4. The highest BCUT2D eigenvalue weighted by atomic mass is 32.2. The second-order valence-corrected chi connectivity index (χ2v) is 10.1. The summed E-state index contributed by atoms with van der Waals surface area (Å²) in [5, 5.41) is 12.6. The lowest BCUT2D eigenvalue weighted by Crippen LogP contribution is -2.17. The van der Waals surface area contributed by atoms with Crippen molar-refractivity contribution in [2.45, 2.75) is 51.3 Å². The molecule has 0 fully saturated rings. The SMILES string of the molecule is CCOC(=O)c1c(NC(=O)CSc2nnc(C(C)Oc3cccc(C)c3)n2C)sc2c1CCC2. The molecule has 180 valence electrons. The van der Waals surface area contributed by atoms with Crippen molar-refractivity contribution in [2.75, 3.05) is 17.7 Å². The summed E-state index contributed by atoms with van der Waals surface area (Å²) in [6.45, 7) is 6.01. The van der Waals surface area contributed by atoms with E-state index in [9.17, 15) is 9.59 Å². The third-order valence-electron chi connectivity index (χ3n) is 5.52. The van der Waals surface area contributed by atoms with Gasteiger partial charge in [0.2, 0.25) is 5.91 Å². The highest BCUT2D eigenvalue weighted by Crippen LogP contribution is 2.39. The first-order chi connectivity index (χ1) is 16.4. The Morgan fingerprint density at radius 3 is 2.88 bits per heavy atom. The molecule has 34 heavy (non-hydrogen) atoms. The Balaban J connectivity index is 1.39. The molecule has 8 nitrogen and oxygen atoms in total. The molecule has 10 heteroatoms. The van der Waals surface area contributed by atoms with Crippen LogP contribution in [0, 0.1) is 6.92 Å². The third-order valence-corrected chi connectivity index (χ3v) is 7.75. The molecule has 0 radical (unpaired) electrons. The van der Waals surface area contributed by atoms with Gasteiger partial charge in [0.15, 0.2) is 17.1 Å². The zero-order valence-electron chi connectivity index (χ0n) is 19.7. The molecule has 2 heterocycles. The zero-order valence-corrected chi connectivity index (χ0v) is 21.3. The summed E-state index contributed by atoms with van der Waals surface area (Å²) in [6.07, 6.45) is 2.50. The van der Waals surface area contributed by atoms with Crippen molar-refractivity contribution >= 4 is 40.0 Å². The highest BCUT2D eigenvalue weighted by Gasteiger charge is 2.28. The molecule has 1 aromatic carbocycles. The van der Waals surface area contributed by atoms with Crippen molar-refractivity contribution < 1.29 is 19.1 Å². The number of ether oxygens (including phenoxy) is 2. The average molecular weight is 501 g/mol. The Morgan fingerprint density at radius 2 is 2.12 bits per heavy atom. The maximum absolute atomic E-state index is 12.7. The monoisotopic (exact) mass is 500 g/mol. The molecule has 3 aromatic rings. The van der Waals surface area contributed by atoms with Crippen LogP contribution in [0.2, 0.25) is 0 Å². The van der Waals surface area contributed by atoms with E-state index in [1.165, 1.54) is 23.1 Å². The fraction of sp³-hybridized carbons (Fsp3) is 0.417. The van der Waals surface area contributed by atoms with Crippen molar-refractivity contribution in [3.8, 4) is 5.75 Å². The number of fused-ring (bicyclic) bond motifs is 1. The number of carbonyl (C=O) groups excluding carboxylic acids is 2. The molecule has 1 aliphatic carbocycles. The number of rotatable bonds is 9. The number of nitrogens with one attached hydrogen (secondary N) is 1. The van der Waals surface area contributed by atoms with Gasteiger partial charge in [-0.25, -0.2) is 4.79 Å². The second kappa shape index (κ2) is 10.6. The number of benzene rings is 1. The summed E-state index contributed by atoms with van der Waals surface area (Å²) in [6, 6.07) is 7.84. The van der Waals surface area contributed by atoms with Gasteiger partial charge in [0, 0.05) is 11.9 Å². The molecular formula is C24H28N4O4S2. The van der Waals surface area contributed by atoms with Crippen molar-refractivity contribution in [3.05, 3.63) is 51.7 Å². The molecule has 1 amide bonds. The molecule has 0 bridgehead atoms. The third kappa shape index (κ3) is 5.28. The van der Waals surface area contributed by atoms with Gasteiger partial charge < -0.3 is 19.4 Å². The van der Waals surface area contributed by atoms with Crippen LogP contribution in [0.5, 0.6) is 5.75 Å². The molecule has 2 aromatic heterocycles. The second-order valence-electron chi connectivity index (χ2n) is 8.10. The largest absolute Gasteiger partial charge is 0.483 e. The van der Waals surface area contributed by atoms with E-state index in [1.807, 2.05) is 49.7 Å². The number of aromatic nitrogens is 3. The topological polar surface area (TPSA) is 95.3 Å². The smallest absolute Gasteiger partial charge is 0.341 e. The predicted molar refractivity (Wildman–Crippen MR) is 133 cm³/mol. The van der Waals surface area contributed by atoms with Gasteiger partial charge in [0.25, 0.3) is 0 Å². The van der Waals surface area contributed by atoms with E-state index in [-0.39, 0.29) is 23.7 Å². The quantitative estimate of drug-likeness (QED) is 0.335. The van der Waals surface area contributed by atoms with Crippen LogP contribution < -0.4 is 10.1 Å². The van der Waals surface area contributed by atoms with E-state index in [0.29, 0.717) is 28.2 Å². The number of amides is 1. The van der Waals surface area contributed by atoms with Gasteiger partial charge in [-0.2, -0.15) is 0 Å². The first kappa shape index (κ1) is 24.3. The minimum Gasteiger partial charge on any atom is -0.483 e. The van der Waals surface area contributed by atoms with Crippen LogP contribution in [0.3, 0.4) is 0 Å². The molecule has 1 aliphatic rings. The number of esters is 1. The number of nitrogens with zero attached hydrogens (tertiary/aromatic N) is 3. The molecule has 1 N–H and O–H groups in total. The van der Waals surface area contributed by atoms with E-state index in [1.54, 1.807) is 6.92 Å². The van der Waals surface area contributed by atoms with E-state index in [2.05, 4.69) is 15.5 Å². The average Bonchev–Trinajstić information content (AvgIpc) is 3.47. The van der Waals surface area contributed by atoms with E-state index < -0.39 is 0 Å². The van der Waals surface area contributed by atoms with Crippen molar-refractivity contribution in [1.82, 2.24) is 14.8 Å². The Labute approximate surface area is 207 Å². The Kier molecular flexibility index (Phi) is 7.57. The molecule has 0 saturated heterocycles. The van der Waals surface area contributed by atoms with Gasteiger partial charge in [0.05, 0.1) is 17.9 Å². The van der Waals surface area contributed by atoms with Crippen LogP contribution in [-0.2, 0) is 29.4 Å². The van der Waals surface area contributed by atoms with Crippen molar-refractivity contribution in [3.63, 3.8) is 0 Å². The molecular weight excluding hydrogens is 472 g/mol. The summed E-state index contributed by atoms with van der Waals surface area (Å²) in [4.78, 5) is 26.4. The van der Waals surface area contributed by atoms with Crippen molar-refractivity contribution in [1.29, 1.82) is 0 Å². The van der Waals surface area contributed by atoms with Gasteiger partial charge in [-0.3, -0.25) is 4.79 Å². The van der Waals surface area contributed by atoms with Crippen LogP contribution in [0.1, 0.15) is 58.6 Å². The van der Waals surface area contributed by atoms with Crippen LogP contribution >= 0.6 is 23.1 Å². The number of aryl methyl sites for hydroxylation is 2. The molecule has 1 unspecified atom stereocenters. The number of thiophene rings is 1. The summed E-state index contributed by atoms with van der Waals surface area (Å²) >= 11 is 2.76. The standard InChI is InChI=1S/C24H28N4O4S2/c1-5-31-23(30)20-17-10-7-11-18(17)34-22(20)25-19(29)13-33-24-27-26-21(28(24)4)15(3)32-16-9-6-8-14(2)12-16/h6,8-9,12,15H,5,7,10-11,13H2,1-4H3,(H,25,29). The van der Waals surface area contributed by atoms with E-state index in [4.69, 9.17) is 9.47 Å². The Morgan fingerprint density at radius 1 is 1.29 bits per heavy atom. The molecule has 0 saturated carbocycles. The van der Waals surface area contributed by atoms with Gasteiger partial charge in [-0.05, 0) is 63.3 Å². The summed E-state index contributed by atoms with van der Waals surface area (Å²) in [5.41, 5.74) is 2.65. The lowest BCUT2D eigenvalue weighted by molar-refractivity contribution is -0.113. The minimum absolute atomic E-state index is 0.143. The lowest BCUT2D eigenvalue weighted by atomic mass is 10.1. The summed E-state index contributed by atoms with van der Waals surface area (Å²) in [7, 11) is 1.86. The van der Waals surface area contributed by atoms with Crippen LogP contribution in [0.25, 0.3) is 0 Å². The van der Waals surface area contributed by atoms with Crippen molar-refractivity contribution in [2.24, 2.45) is 7.05 Å². The number of hydrogen-bond acceptors (Lipinski definition) is 8. The fourth-order valence-corrected chi connectivity index (χ4v) is 5.97. The molecule has 4 rings (SSSR count). The number of thioether (sulfide) groups is 1. The Bertz CT molecular complexity index is 1200. The maximum atomic E-state index is 12.7. The van der Waals surface area contributed by atoms with Crippen LogP contribution in [0.15, 0.2) is 29.4 Å². The minimum atomic E-state index is -0.370. The number of carbonyl (C=O) groups is 2. The van der Waals surface area contributed by atoms with Gasteiger partial charge in [-0.1, -0.05) is 23.9 Å². The van der Waals surface area contributed by atoms with Gasteiger partial charge in [0.1, 0.15) is 10.8 Å². The maximum Gasteiger partial charge on any atom is 0.341 e. The first-order valence-corrected chi connectivity index (χ1v) is 13.0. The number of anilines is 1. The number of hydrogen-bond donors (Lipinski definition) is 1. The summed E-state index contributed by atoms with van der Waals surface area (Å²) in [5.74, 6) is 1.01. The van der Waals surface area contributed by atoms with E-state index in [0.717, 1.165) is 41.0 Å². The molecule has 0 aliphatic heterocycles. The van der Waals surface area contributed by atoms with Crippen LogP contribution in [-0.4, -0.2) is 39.0 Å². The fourth-order valence-electron chi connectivity index (χ4n) is 3.96. The first-order valence-electron chi connectivity index (χ1n) is 11.2. The lowest BCUT2D eigenvalue weighted by Gasteiger charge is -2.14. The molecule has 0 spiro atoms. The molecule has 1 atom stereocenters. The van der Waals surface area contributed by atoms with Crippen LogP contribution in [0.4, 0.5) is 5.00 Å². The summed E-state index contributed by atoms with van der Waals surface area (Å²) < 4.78 is 13.1. The Hall–Kier alpha value is -2.85. The highest BCUT2D eigenvalue weighted by molar-refractivity contribution is 7.99. The van der Waals surface area contributed by atoms with Gasteiger partial charge >= 0.3 is 5.97 Å². The zero-order chi connectivity index (χ0) is 24.2. The van der Waals surface area contributed by atoms with E-state index >= 15 is 0 Å². The predicted octanol–water partition coefficient (Wildman–Crippen LogP) is 4.72.